The zero-order chi connectivity index (χ0) is 22.1. The van der Waals surface area contributed by atoms with Crippen LogP contribution in [0.5, 0.6) is 0 Å². The van der Waals surface area contributed by atoms with E-state index in [2.05, 4.69) is 52.0 Å². The van der Waals surface area contributed by atoms with Crippen LogP contribution in [0.3, 0.4) is 0 Å². The van der Waals surface area contributed by atoms with Crippen molar-refractivity contribution in [3.05, 3.63) is 71.8 Å². The van der Waals surface area contributed by atoms with E-state index in [1.807, 2.05) is 50.2 Å². The van der Waals surface area contributed by atoms with Gasteiger partial charge in [-0.3, -0.25) is 4.79 Å². The minimum atomic E-state index is -0.585. The molecule has 0 aliphatic heterocycles. The number of hydrogen-bond acceptors (Lipinski definition) is 3. The third kappa shape index (κ3) is 6.43. The lowest BCUT2D eigenvalue weighted by atomic mass is 9.73. The van der Waals surface area contributed by atoms with Crippen molar-refractivity contribution in [1.82, 2.24) is 0 Å². The Balaban J connectivity index is 2.28. The van der Waals surface area contributed by atoms with Crippen molar-refractivity contribution in [2.24, 2.45) is 17.3 Å². The highest BCUT2D eigenvalue weighted by atomic mass is 16.7. The van der Waals surface area contributed by atoms with Crippen molar-refractivity contribution in [3.8, 4) is 0 Å². The topological polar surface area (TPSA) is 35.5 Å². The predicted molar refractivity (Wildman–Crippen MR) is 123 cm³/mol. The van der Waals surface area contributed by atoms with E-state index in [0.717, 1.165) is 6.42 Å². The van der Waals surface area contributed by atoms with Gasteiger partial charge in [-0.05, 0) is 43.2 Å². The van der Waals surface area contributed by atoms with Crippen molar-refractivity contribution in [3.63, 3.8) is 0 Å². The number of esters is 1. The largest absolute Gasteiger partial charge is 0.435 e. The van der Waals surface area contributed by atoms with Gasteiger partial charge in [-0.25, -0.2) is 0 Å². The fourth-order valence-electron chi connectivity index (χ4n) is 4.02. The van der Waals surface area contributed by atoms with Gasteiger partial charge in [0.05, 0.1) is 5.41 Å². The summed E-state index contributed by atoms with van der Waals surface area (Å²) in [6, 6.07) is 20.7. The molecule has 0 N–H and O–H groups in total. The number of carbonyl (C=O) groups excluding carboxylic acids is 1. The second kappa shape index (κ2) is 11.3. The maximum atomic E-state index is 13.3. The van der Waals surface area contributed by atoms with Crippen LogP contribution < -0.4 is 0 Å². The standard InChI is InChI=1S/C27H38O3/c1-7-29-25(30-26(28)27(6,21(4)5)19-20(2)3)18-24(22-14-10-8-11-15-22)23-16-12-9-13-17-23/h8-17,20-21,24-25H,7,18-19H2,1-6H3. The number of rotatable bonds is 11. The molecule has 0 aliphatic carbocycles. The first kappa shape index (κ1) is 24.1. The summed E-state index contributed by atoms with van der Waals surface area (Å²) >= 11 is 0. The molecule has 0 radical (unpaired) electrons. The second-order valence-electron chi connectivity index (χ2n) is 9.07. The molecule has 2 unspecified atom stereocenters. The highest BCUT2D eigenvalue weighted by Crippen LogP contribution is 2.37. The molecule has 0 spiro atoms. The molecule has 0 aromatic heterocycles. The van der Waals surface area contributed by atoms with Gasteiger partial charge >= 0.3 is 5.97 Å². The molecule has 0 amide bonds. The lowest BCUT2D eigenvalue weighted by molar-refractivity contribution is -0.194. The van der Waals surface area contributed by atoms with Gasteiger partial charge in [0.2, 0.25) is 6.29 Å². The quantitative estimate of drug-likeness (QED) is 0.301. The number of ether oxygens (including phenoxy) is 2. The molecule has 2 rings (SSSR count). The van der Waals surface area contributed by atoms with Crippen molar-refractivity contribution in [2.45, 2.75) is 66.6 Å². The van der Waals surface area contributed by atoms with Crippen molar-refractivity contribution in [1.29, 1.82) is 0 Å². The Hall–Kier alpha value is -2.13. The monoisotopic (exact) mass is 410 g/mol. The lowest BCUT2D eigenvalue weighted by Crippen LogP contribution is -2.39. The Morgan fingerprint density at radius 2 is 1.40 bits per heavy atom. The molecular weight excluding hydrogens is 372 g/mol. The second-order valence-corrected chi connectivity index (χ2v) is 9.07. The Bertz CT molecular complexity index is 715. The van der Waals surface area contributed by atoms with Gasteiger partial charge in [0, 0.05) is 18.9 Å². The smallest absolute Gasteiger partial charge is 0.314 e. The lowest BCUT2D eigenvalue weighted by Gasteiger charge is -2.35. The molecule has 3 nitrogen and oxygen atoms in total. The van der Waals surface area contributed by atoms with E-state index in [9.17, 15) is 4.79 Å². The van der Waals surface area contributed by atoms with Crippen LogP contribution >= 0.6 is 0 Å². The molecule has 0 bridgehead atoms. The molecule has 2 atom stereocenters. The van der Waals surface area contributed by atoms with E-state index in [1.165, 1.54) is 11.1 Å². The summed E-state index contributed by atoms with van der Waals surface area (Å²) in [6.07, 6.45) is 0.797. The highest BCUT2D eigenvalue weighted by Gasteiger charge is 2.40. The van der Waals surface area contributed by atoms with Crippen LogP contribution in [0.4, 0.5) is 0 Å². The first-order valence-electron chi connectivity index (χ1n) is 11.2. The molecule has 0 aliphatic rings. The molecule has 2 aromatic rings. The first-order chi connectivity index (χ1) is 14.3. The van der Waals surface area contributed by atoms with Crippen molar-refractivity contribution >= 4 is 5.97 Å². The van der Waals surface area contributed by atoms with Gasteiger partial charge in [0.25, 0.3) is 0 Å². The summed E-state index contributed by atoms with van der Waals surface area (Å²) < 4.78 is 12.0. The highest BCUT2D eigenvalue weighted by molar-refractivity contribution is 5.76. The summed E-state index contributed by atoms with van der Waals surface area (Å²) in [6.45, 7) is 12.9. The van der Waals surface area contributed by atoms with Gasteiger partial charge < -0.3 is 9.47 Å². The zero-order valence-electron chi connectivity index (χ0n) is 19.4. The molecule has 30 heavy (non-hydrogen) atoms. The summed E-state index contributed by atoms with van der Waals surface area (Å²) in [5.41, 5.74) is 1.86. The summed E-state index contributed by atoms with van der Waals surface area (Å²) in [5.74, 6) is 0.530. The van der Waals surface area contributed by atoms with E-state index < -0.39 is 11.7 Å². The molecule has 0 fully saturated rings. The van der Waals surface area contributed by atoms with Gasteiger partial charge in [-0.1, -0.05) is 88.4 Å². The Labute approximate surface area is 182 Å². The Morgan fingerprint density at radius 3 is 1.80 bits per heavy atom. The molecule has 0 heterocycles. The van der Waals surface area contributed by atoms with Crippen LogP contribution in [0, 0.1) is 17.3 Å². The van der Waals surface area contributed by atoms with E-state index in [0.29, 0.717) is 18.9 Å². The third-order valence-electron chi connectivity index (χ3n) is 6.00. The Morgan fingerprint density at radius 1 is 0.900 bits per heavy atom. The van der Waals surface area contributed by atoms with Crippen LogP contribution in [0.25, 0.3) is 0 Å². The van der Waals surface area contributed by atoms with Crippen molar-refractivity contribution in [2.75, 3.05) is 6.61 Å². The minimum absolute atomic E-state index is 0.0900. The number of hydrogen-bond donors (Lipinski definition) is 0. The van der Waals surface area contributed by atoms with Gasteiger partial charge in [0.15, 0.2) is 0 Å². The van der Waals surface area contributed by atoms with Crippen molar-refractivity contribution < 1.29 is 14.3 Å². The van der Waals surface area contributed by atoms with E-state index in [1.54, 1.807) is 0 Å². The molecule has 0 saturated heterocycles. The van der Waals surface area contributed by atoms with Gasteiger partial charge in [-0.15, -0.1) is 0 Å². The van der Waals surface area contributed by atoms with Crippen LogP contribution in [-0.4, -0.2) is 18.9 Å². The average molecular weight is 411 g/mol. The SMILES string of the molecule is CCOC(CC(c1ccccc1)c1ccccc1)OC(=O)C(C)(CC(C)C)C(C)C. The predicted octanol–water partition coefficient (Wildman–Crippen LogP) is 6.82. The third-order valence-corrected chi connectivity index (χ3v) is 6.00. The summed E-state index contributed by atoms with van der Waals surface area (Å²) in [7, 11) is 0. The van der Waals surface area contributed by atoms with E-state index in [-0.39, 0.29) is 17.8 Å². The van der Waals surface area contributed by atoms with Gasteiger partial charge in [-0.2, -0.15) is 0 Å². The molecule has 3 heteroatoms. The summed E-state index contributed by atoms with van der Waals surface area (Å²) in [4.78, 5) is 13.3. The number of carbonyl (C=O) groups is 1. The van der Waals surface area contributed by atoms with Gasteiger partial charge in [0.1, 0.15) is 0 Å². The summed E-state index contributed by atoms with van der Waals surface area (Å²) in [5, 5.41) is 0. The minimum Gasteiger partial charge on any atom is -0.435 e. The van der Waals surface area contributed by atoms with Crippen LogP contribution in [0.15, 0.2) is 60.7 Å². The normalized spacial score (nSPS) is 14.7. The average Bonchev–Trinajstić information content (AvgIpc) is 2.72. The van der Waals surface area contributed by atoms with E-state index >= 15 is 0 Å². The molecule has 0 saturated carbocycles. The fourth-order valence-corrected chi connectivity index (χ4v) is 4.02. The van der Waals surface area contributed by atoms with Crippen LogP contribution in [0.1, 0.15) is 71.4 Å². The molecule has 2 aromatic carbocycles. The molecule has 164 valence electrons. The Kier molecular flexibility index (Phi) is 9.10. The molecular formula is C27H38O3. The number of benzene rings is 2. The maximum Gasteiger partial charge on any atom is 0.314 e. The first-order valence-corrected chi connectivity index (χ1v) is 11.2. The van der Waals surface area contributed by atoms with Crippen LogP contribution in [0.2, 0.25) is 0 Å². The maximum absolute atomic E-state index is 13.3. The fraction of sp³-hybridized carbons (Fsp3) is 0.519. The van der Waals surface area contributed by atoms with Crippen LogP contribution in [-0.2, 0) is 14.3 Å². The van der Waals surface area contributed by atoms with E-state index in [4.69, 9.17) is 9.47 Å². The zero-order valence-corrected chi connectivity index (χ0v) is 19.4.